The maximum atomic E-state index is 12.6. The molecule has 0 aliphatic carbocycles. The second-order valence-corrected chi connectivity index (χ2v) is 7.72. The SMILES string of the molecule is CC(C)(C)OC(=O)CC(NC(=O)OCc1ccccc1)C(=O)Oc1ccc([N+](=O)[O-])cc1. The number of esters is 2. The van der Waals surface area contributed by atoms with Crippen molar-refractivity contribution >= 4 is 23.7 Å². The molecule has 0 bridgehead atoms. The van der Waals surface area contributed by atoms with Gasteiger partial charge in [-0.2, -0.15) is 0 Å². The van der Waals surface area contributed by atoms with Gasteiger partial charge >= 0.3 is 18.0 Å². The van der Waals surface area contributed by atoms with E-state index in [4.69, 9.17) is 14.2 Å². The first-order chi connectivity index (χ1) is 15.0. The molecule has 0 radical (unpaired) electrons. The van der Waals surface area contributed by atoms with Gasteiger partial charge in [0.15, 0.2) is 0 Å². The number of nitrogens with one attached hydrogen (secondary N) is 1. The molecular weight excluding hydrogens is 420 g/mol. The van der Waals surface area contributed by atoms with Gasteiger partial charge in [-0.1, -0.05) is 30.3 Å². The molecule has 0 heterocycles. The van der Waals surface area contributed by atoms with Crippen molar-refractivity contribution in [3.05, 3.63) is 70.3 Å². The van der Waals surface area contributed by atoms with Crippen LogP contribution in [0.2, 0.25) is 0 Å². The summed E-state index contributed by atoms with van der Waals surface area (Å²) in [5.74, 6) is -1.68. The fraction of sp³-hybridized carbons (Fsp3) is 0.318. The quantitative estimate of drug-likeness (QED) is 0.283. The zero-order valence-corrected chi connectivity index (χ0v) is 17.9. The van der Waals surface area contributed by atoms with E-state index >= 15 is 0 Å². The Balaban J connectivity index is 2.06. The van der Waals surface area contributed by atoms with E-state index in [9.17, 15) is 24.5 Å². The molecule has 10 heteroatoms. The number of non-ortho nitro benzene ring substituents is 1. The number of hydrogen-bond donors (Lipinski definition) is 1. The van der Waals surface area contributed by atoms with Crippen LogP contribution in [-0.4, -0.2) is 34.6 Å². The first kappa shape index (κ1) is 24.3. The zero-order valence-electron chi connectivity index (χ0n) is 17.9. The Hall–Kier alpha value is -3.95. The first-order valence-electron chi connectivity index (χ1n) is 9.69. The molecule has 1 N–H and O–H groups in total. The van der Waals surface area contributed by atoms with Crippen LogP contribution in [0.4, 0.5) is 10.5 Å². The van der Waals surface area contributed by atoms with E-state index < -0.39 is 41.0 Å². The van der Waals surface area contributed by atoms with Crippen LogP contribution in [0.15, 0.2) is 54.6 Å². The van der Waals surface area contributed by atoms with E-state index in [0.29, 0.717) is 0 Å². The van der Waals surface area contributed by atoms with E-state index in [1.165, 1.54) is 12.1 Å². The van der Waals surface area contributed by atoms with Gasteiger partial charge in [0.25, 0.3) is 5.69 Å². The number of benzene rings is 2. The third-order valence-electron chi connectivity index (χ3n) is 3.85. The van der Waals surface area contributed by atoms with Crippen molar-refractivity contribution in [1.82, 2.24) is 5.32 Å². The summed E-state index contributed by atoms with van der Waals surface area (Å²) < 4.78 is 15.5. The number of nitro groups is 1. The average molecular weight is 444 g/mol. The van der Waals surface area contributed by atoms with Gasteiger partial charge in [0.2, 0.25) is 0 Å². The van der Waals surface area contributed by atoms with Gasteiger partial charge in [0.05, 0.1) is 11.3 Å². The zero-order chi connectivity index (χ0) is 23.7. The molecule has 1 amide bonds. The highest BCUT2D eigenvalue weighted by Crippen LogP contribution is 2.18. The number of amides is 1. The molecule has 1 atom stereocenters. The Morgan fingerprint density at radius 1 is 1.03 bits per heavy atom. The summed E-state index contributed by atoms with van der Waals surface area (Å²) in [6.07, 6.45) is -1.42. The summed E-state index contributed by atoms with van der Waals surface area (Å²) in [7, 11) is 0. The molecule has 32 heavy (non-hydrogen) atoms. The highest BCUT2D eigenvalue weighted by atomic mass is 16.6. The fourth-order valence-electron chi connectivity index (χ4n) is 2.47. The van der Waals surface area contributed by atoms with Crippen molar-refractivity contribution in [3.8, 4) is 5.75 Å². The van der Waals surface area contributed by atoms with Crippen LogP contribution >= 0.6 is 0 Å². The number of alkyl carbamates (subject to hydrolysis) is 1. The number of carbonyl (C=O) groups is 3. The van der Waals surface area contributed by atoms with Gasteiger partial charge in [0, 0.05) is 12.1 Å². The van der Waals surface area contributed by atoms with Crippen molar-refractivity contribution in [3.63, 3.8) is 0 Å². The Labute approximate surface area is 184 Å². The molecular formula is C22H24N2O8. The molecule has 0 aliphatic heterocycles. The van der Waals surface area contributed by atoms with Crippen LogP contribution < -0.4 is 10.1 Å². The molecule has 2 aromatic rings. The second kappa shape index (κ2) is 10.9. The monoisotopic (exact) mass is 444 g/mol. The Morgan fingerprint density at radius 3 is 2.22 bits per heavy atom. The van der Waals surface area contributed by atoms with E-state index in [1.54, 1.807) is 45.0 Å². The van der Waals surface area contributed by atoms with Crippen LogP contribution in [0.1, 0.15) is 32.8 Å². The minimum atomic E-state index is -1.40. The predicted octanol–water partition coefficient (Wildman–Crippen LogP) is 3.53. The number of nitro benzene ring substituents is 1. The van der Waals surface area contributed by atoms with Gasteiger partial charge in [-0.05, 0) is 38.5 Å². The summed E-state index contributed by atoms with van der Waals surface area (Å²) in [5, 5.41) is 13.1. The lowest BCUT2D eigenvalue weighted by Gasteiger charge is -2.22. The van der Waals surface area contributed by atoms with E-state index in [2.05, 4.69) is 5.32 Å². The molecule has 0 fully saturated rings. The summed E-state index contributed by atoms with van der Waals surface area (Å²) >= 11 is 0. The maximum absolute atomic E-state index is 12.6. The van der Waals surface area contributed by atoms with Crippen LogP contribution in [0.25, 0.3) is 0 Å². The number of hydrogen-bond acceptors (Lipinski definition) is 8. The summed E-state index contributed by atoms with van der Waals surface area (Å²) in [6.45, 7) is 4.95. The van der Waals surface area contributed by atoms with Crippen LogP contribution in [0.3, 0.4) is 0 Å². The third kappa shape index (κ3) is 8.42. The Morgan fingerprint density at radius 2 is 1.66 bits per heavy atom. The normalized spacial score (nSPS) is 11.7. The summed E-state index contributed by atoms with van der Waals surface area (Å²) in [4.78, 5) is 47.2. The van der Waals surface area contributed by atoms with Gasteiger partial charge in [-0.15, -0.1) is 0 Å². The number of ether oxygens (including phenoxy) is 3. The van der Waals surface area contributed by atoms with Gasteiger partial charge in [0.1, 0.15) is 24.0 Å². The molecule has 1 unspecified atom stereocenters. The highest BCUT2D eigenvalue weighted by Gasteiger charge is 2.29. The number of rotatable bonds is 8. The van der Waals surface area contributed by atoms with Crippen molar-refractivity contribution < 1.29 is 33.5 Å². The van der Waals surface area contributed by atoms with Gasteiger partial charge < -0.3 is 19.5 Å². The molecule has 0 aromatic heterocycles. The van der Waals surface area contributed by atoms with Crippen molar-refractivity contribution in [1.29, 1.82) is 0 Å². The first-order valence-corrected chi connectivity index (χ1v) is 9.69. The molecule has 0 aliphatic rings. The minimum absolute atomic E-state index is 0.00856. The highest BCUT2D eigenvalue weighted by molar-refractivity contribution is 5.87. The summed E-state index contributed by atoms with van der Waals surface area (Å²) in [6, 6.07) is 12.3. The smallest absolute Gasteiger partial charge is 0.408 e. The fourth-order valence-corrected chi connectivity index (χ4v) is 2.47. The van der Waals surface area contributed by atoms with E-state index in [-0.39, 0.29) is 18.0 Å². The van der Waals surface area contributed by atoms with Crippen molar-refractivity contribution in [2.75, 3.05) is 0 Å². The number of carbonyl (C=O) groups excluding carboxylic acids is 3. The second-order valence-electron chi connectivity index (χ2n) is 7.72. The largest absolute Gasteiger partial charge is 0.460 e. The molecule has 0 saturated heterocycles. The van der Waals surface area contributed by atoms with Gasteiger partial charge in [-0.3, -0.25) is 14.9 Å². The van der Waals surface area contributed by atoms with E-state index in [1.807, 2.05) is 6.07 Å². The lowest BCUT2D eigenvalue weighted by molar-refractivity contribution is -0.384. The van der Waals surface area contributed by atoms with Crippen LogP contribution in [-0.2, 0) is 25.7 Å². The Bertz CT molecular complexity index is 952. The minimum Gasteiger partial charge on any atom is -0.460 e. The molecule has 10 nitrogen and oxygen atoms in total. The lowest BCUT2D eigenvalue weighted by Crippen LogP contribution is -2.45. The standard InChI is InChI=1S/C22H24N2O8/c1-22(2,3)32-19(25)13-18(23-21(27)30-14-15-7-5-4-6-8-15)20(26)31-17-11-9-16(10-12-17)24(28)29/h4-12,18H,13-14H2,1-3H3,(H,23,27). The maximum Gasteiger partial charge on any atom is 0.408 e. The molecule has 2 rings (SSSR count). The molecule has 0 spiro atoms. The lowest BCUT2D eigenvalue weighted by atomic mass is 10.1. The third-order valence-corrected chi connectivity index (χ3v) is 3.85. The molecule has 170 valence electrons. The average Bonchev–Trinajstić information content (AvgIpc) is 2.71. The van der Waals surface area contributed by atoms with Crippen molar-refractivity contribution in [2.24, 2.45) is 0 Å². The number of nitrogens with zero attached hydrogens (tertiary/aromatic N) is 1. The molecule has 0 saturated carbocycles. The van der Waals surface area contributed by atoms with E-state index in [0.717, 1.165) is 17.7 Å². The van der Waals surface area contributed by atoms with Crippen molar-refractivity contribution in [2.45, 2.75) is 45.4 Å². The Kier molecular flexibility index (Phi) is 8.28. The summed E-state index contributed by atoms with van der Waals surface area (Å²) in [5.41, 5.74) is -0.241. The van der Waals surface area contributed by atoms with Crippen LogP contribution in [0, 0.1) is 10.1 Å². The predicted molar refractivity (Wildman–Crippen MR) is 113 cm³/mol. The topological polar surface area (TPSA) is 134 Å². The van der Waals surface area contributed by atoms with Gasteiger partial charge in [-0.25, -0.2) is 9.59 Å². The molecule has 2 aromatic carbocycles. The van der Waals surface area contributed by atoms with Crippen LogP contribution in [0.5, 0.6) is 5.75 Å².